The van der Waals surface area contributed by atoms with Crippen LogP contribution in [0.3, 0.4) is 0 Å². The Morgan fingerprint density at radius 3 is 2.00 bits per heavy atom. The first kappa shape index (κ1) is 21.3. The molecule has 4 heteroatoms. The zero-order valence-corrected chi connectivity index (χ0v) is 20.1. The molecule has 0 unspecified atom stereocenters. The Kier molecular flexibility index (Phi) is 4.48. The van der Waals surface area contributed by atoms with Crippen molar-refractivity contribution in [3.8, 4) is 0 Å². The molecule has 1 aliphatic heterocycles. The van der Waals surface area contributed by atoms with Crippen LogP contribution in [0, 0.1) is 0 Å². The number of hydrogen-bond acceptors (Lipinski definition) is 4. The lowest BCUT2D eigenvalue weighted by Crippen LogP contribution is -2.60. The molecule has 0 aromatic heterocycles. The first-order chi connectivity index (χ1) is 16.2. The lowest BCUT2D eigenvalue weighted by molar-refractivity contribution is -0.256. The summed E-state index contributed by atoms with van der Waals surface area (Å²) in [6.45, 7) is 7.95. The van der Waals surface area contributed by atoms with Gasteiger partial charge < -0.3 is 9.94 Å². The summed E-state index contributed by atoms with van der Waals surface area (Å²) in [6.07, 6.45) is 0.864. The molecule has 1 saturated heterocycles. The summed E-state index contributed by atoms with van der Waals surface area (Å²) < 4.78 is 6.22. The highest BCUT2D eigenvalue weighted by molar-refractivity contribution is 6.33. The Labute approximate surface area is 199 Å². The first-order valence-corrected chi connectivity index (χ1v) is 12.0. The van der Waals surface area contributed by atoms with Crippen LogP contribution in [0.4, 0.5) is 0 Å². The standard InChI is InChI=1S/C30H29NO3/c1-29(2)16-20(17-30(3,4)31(29)33)34-28(32)27-22-11-6-5-10-21(22)23-14-12-18-8-7-9-19-13-15-24(27)26(23)25(18)19/h5-15,20,33H,16-17H2,1-4H3. The van der Waals surface area contributed by atoms with Crippen molar-refractivity contribution in [2.45, 2.75) is 57.7 Å². The summed E-state index contributed by atoms with van der Waals surface area (Å²) in [7, 11) is 0. The molecule has 5 aromatic rings. The van der Waals surface area contributed by atoms with E-state index in [0.717, 1.165) is 26.9 Å². The minimum Gasteiger partial charge on any atom is -0.459 e. The second-order valence-corrected chi connectivity index (χ2v) is 11.0. The molecule has 1 N–H and O–H groups in total. The highest BCUT2D eigenvalue weighted by Crippen LogP contribution is 2.42. The van der Waals surface area contributed by atoms with E-state index in [1.54, 1.807) is 0 Å². The van der Waals surface area contributed by atoms with E-state index >= 15 is 0 Å². The van der Waals surface area contributed by atoms with E-state index in [-0.39, 0.29) is 12.1 Å². The third-order valence-corrected chi connectivity index (χ3v) is 7.61. The Hall–Kier alpha value is -3.21. The summed E-state index contributed by atoms with van der Waals surface area (Å²) in [5, 5.41) is 20.8. The summed E-state index contributed by atoms with van der Waals surface area (Å²) in [5.74, 6) is -0.294. The van der Waals surface area contributed by atoms with Crippen LogP contribution in [0.15, 0.2) is 66.7 Å². The number of fused-ring (bicyclic) bond motifs is 2. The van der Waals surface area contributed by atoms with Crippen molar-refractivity contribution >= 4 is 49.1 Å². The van der Waals surface area contributed by atoms with E-state index in [2.05, 4.69) is 48.5 Å². The van der Waals surface area contributed by atoms with Gasteiger partial charge >= 0.3 is 5.97 Å². The largest absolute Gasteiger partial charge is 0.459 e. The second kappa shape index (κ2) is 7.14. The van der Waals surface area contributed by atoms with Gasteiger partial charge in [0.15, 0.2) is 0 Å². The fraction of sp³-hybridized carbons (Fsp3) is 0.300. The number of esters is 1. The average Bonchev–Trinajstić information content (AvgIpc) is 2.80. The van der Waals surface area contributed by atoms with Crippen LogP contribution in [0.5, 0.6) is 0 Å². The van der Waals surface area contributed by atoms with Gasteiger partial charge in [-0.05, 0) is 70.8 Å². The fourth-order valence-electron chi connectivity index (χ4n) is 6.29. The second-order valence-electron chi connectivity index (χ2n) is 11.0. The van der Waals surface area contributed by atoms with Gasteiger partial charge in [0, 0.05) is 23.9 Å². The number of piperidine rings is 1. The summed E-state index contributed by atoms with van der Waals surface area (Å²) in [5.41, 5.74) is -0.349. The van der Waals surface area contributed by atoms with Crippen molar-refractivity contribution in [1.29, 1.82) is 0 Å². The number of rotatable bonds is 2. The summed E-state index contributed by atoms with van der Waals surface area (Å²) in [4.78, 5) is 13.9. The van der Waals surface area contributed by atoms with Crippen molar-refractivity contribution in [2.24, 2.45) is 0 Å². The summed E-state index contributed by atoms with van der Waals surface area (Å²) in [6, 6.07) is 22.9. The minimum absolute atomic E-state index is 0.279. The van der Waals surface area contributed by atoms with Crippen molar-refractivity contribution < 1.29 is 14.7 Å². The van der Waals surface area contributed by atoms with Crippen LogP contribution in [0.2, 0.25) is 0 Å². The molecule has 34 heavy (non-hydrogen) atoms. The maximum Gasteiger partial charge on any atom is 0.339 e. The fourth-order valence-corrected chi connectivity index (χ4v) is 6.29. The van der Waals surface area contributed by atoms with Gasteiger partial charge in [0.25, 0.3) is 0 Å². The number of ether oxygens (including phenoxy) is 1. The highest BCUT2D eigenvalue weighted by atomic mass is 16.5. The van der Waals surface area contributed by atoms with Gasteiger partial charge in [-0.25, -0.2) is 4.79 Å². The van der Waals surface area contributed by atoms with Gasteiger partial charge in [-0.3, -0.25) is 0 Å². The molecule has 1 aliphatic rings. The quantitative estimate of drug-likeness (QED) is 0.174. The van der Waals surface area contributed by atoms with Gasteiger partial charge in [-0.2, -0.15) is 5.06 Å². The van der Waals surface area contributed by atoms with E-state index < -0.39 is 11.1 Å². The average molecular weight is 452 g/mol. The number of hydrogen-bond donors (Lipinski definition) is 1. The van der Waals surface area contributed by atoms with Gasteiger partial charge in [-0.15, -0.1) is 0 Å². The smallest absolute Gasteiger partial charge is 0.339 e. The molecular formula is C30H29NO3. The number of carbonyl (C=O) groups is 1. The van der Waals surface area contributed by atoms with Crippen LogP contribution >= 0.6 is 0 Å². The zero-order chi connectivity index (χ0) is 23.8. The summed E-state index contributed by atoms with van der Waals surface area (Å²) >= 11 is 0. The van der Waals surface area contributed by atoms with Gasteiger partial charge in [0.1, 0.15) is 6.10 Å². The van der Waals surface area contributed by atoms with Crippen molar-refractivity contribution in [3.63, 3.8) is 0 Å². The highest BCUT2D eigenvalue weighted by Gasteiger charge is 2.46. The number of nitrogens with zero attached hydrogens (tertiary/aromatic N) is 1. The lowest BCUT2D eigenvalue weighted by Gasteiger charge is -2.50. The molecule has 1 fully saturated rings. The molecule has 0 aliphatic carbocycles. The van der Waals surface area contributed by atoms with Gasteiger partial charge in [0.2, 0.25) is 0 Å². The Balaban J connectivity index is 1.56. The molecule has 6 rings (SSSR count). The normalized spacial score (nSPS) is 18.9. The van der Waals surface area contributed by atoms with Gasteiger partial charge in [0.05, 0.1) is 5.56 Å². The third-order valence-electron chi connectivity index (χ3n) is 7.61. The Morgan fingerprint density at radius 2 is 1.35 bits per heavy atom. The van der Waals surface area contributed by atoms with E-state index in [9.17, 15) is 10.0 Å². The van der Waals surface area contributed by atoms with Crippen molar-refractivity contribution in [2.75, 3.05) is 0 Å². The predicted octanol–water partition coefficient (Wildman–Crippen LogP) is 7.30. The molecule has 172 valence electrons. The third kappa shape index (κ3) is 3.02. The predicted molar refractivity (Wildman–Crippen MR) is 138 cm³/mol. The molecule has 0 bridgehead atoms. The van der Waals surface area contributed by atoms with E-state index in [1.807, 2.05) is 45.9 Å². The molecule has 0 atom stereocenters. The topological polar surface area (TPSA) is 49.8 Å². The first-order valence-electron chi connectivity index (χ1n) is 12.0. The SMILES string of the molecule is CC1(C)CC(OC(=O)c2c3ccccc3c3ccc4cccc5ccc2c3c54)CC(C)(C)N1O. The molecule has 0 spiro atoms. The molecule has 5 aromatic carbocycles. The van der Waals surface area contributed by atoms with Crippen LogP contribution in [-0.2, 0) is 4.74 Å². The van der Waals surface area contributed by atoms with Crippen molar-refractivity contribution in [3.05, 3.63) is 72.3 Å². The molecule has 0 saturated carbocycles. The maximum atomic E-state index is 13.9. The van der Waals surface area contributed by atoms with Crippen molar-refractivity contribution in [1.82, 2.24) is 5.06 Å². The number of hydroxylamine groups is 2. The van der Waals surface area contributed by atoms with Crippen LogP contribution in [0.1, 0.15) is 50.9 Å². The molecule has 0 amide bonds. The molecular weight excluding hydrogens is 422 g/mol. The van der Waals surface area contributed by atoms with Crippen LogP contribution < -0.4 is 0 Å². The maximum absolute atomic E-state index is 13.9. The molecule has 4 nitrogen and oxygen atoms in total. The molecule has 1 heterocycles. The van der Waals surface area contributed by atoms with E-state index in [4.69, 9.17) is 4.74 Å². The Morgan fingerprint density at radius 1 is 0.765 bits per heavy atom. The number of benzene rings is 5. The lowest BCUT2D eigenvalue weighted by atomic mass is 9.80. The van der Waals surface area contributed by atoms with E-state index in [1.165, 1.54) is 21.2 Å². The molecule has 0 radical (unpaired) electrons. The van der Waals surface area contributed by atoms with Crippen LogP contribution in [0.25, 0.3) is 43.1 Å². The monoisotopic (exact) mass is 451 g/mol. The van der Waals surface area contributed by atoms with E-state index in [0.29, 0.717) is 18.4 Å². The van der Waals surface area contributed by atoms with Gasteiger partial charge in [-0.1, -0.05) is 66.7 Å². The number of carbonyl (C=O) groups excluding carboxylic acids is 1. The van der Waals surface area contributed by atoms with Crippen LogP contribution in [-0.4, -0.2) is 33.4 Å². The Bertz CT molecular complexity index is 1550. The minimum atomic E-state index is -0.489. The zero-order valence-electron chi connectivity index (χ0n) is 20.1.